The number of piperidine rings is 1. The third kappa shape index (κ3) is 7.72. The van der Waals surface area contributed by atoms with Gasteiger partial charge in [0.05, 0.1) is 5.75 Å². The number of halogens is 2. The summed E-state index contributed by atoms with van der Waals surface area (Å²) in [5.74, 6) is 0.811. The number of rotatable bonds is 9. The number of carbonyl (C=O) groups is 2. The van der Waals surface area contributed by atoms with Crippen molar-refractivity contribution in [1.29, 1.82) is 0 Å². The van der Waals surface area contributed by atoms with Crippen LogP contribution in [0.25, 0.3) is 0 Å². The molecule has 0 aromatic heterocycles. The Labute approximate surface area is 197 Å². The highest BCUT2D eigenvalue weighted by Gasteiger charge is 2.22. The van der Waals surface area contributed by atoms with Crippen LogP contribution in [-0.2, 0) is 21.8 Å². The van der Waals surface area contributed by atoms with E-state index in [9.17, 15) is 9.59 Å². The summed E-state index contributed by atoms with van der Waals surface area (Å²) in [7, 11) is 0. The fourth-order valence-electron chi connectivity index (χ4n) is 3.57. The molecule has 1 aliphatic heterocycles. The van der Waals surface area contributed by atoms with Crippen molar-refractivity contribution in [3.05, 3.63) is 63.6 Å². The molecule has 1 saturated heterocycles. The Morgan fingerprint density at radius 1 is 1.10 bits per heavy atom. The topological polar surface area (TPSA) is 75.4 Å². The van der Waals surface area contributed by atoms with Gasteiger partial charge >= 0.3 is 0 Å². The number of nitrogens with zero attached hydrogens (tertiary/aromatic N) is 1. The van der Waals surface area contributed by atoms with Crippen LogP contribution in [0.15, 0.2) is 42.5 Å². The number of nitrogens with two attached hydrogens (primary N) is 1. The SMILES string of the molecule is NC(=O)C1CCN(CCc2ccc(NC(=O)CSCc3ccc(Cl)cc3Cl)cc2)CC1. The molecule has 2 aromatic rings. The van der Waals surface area contributed by atoms with E-state index in [1.54, 1.807) is 12.1 Å². The van der Waals surface area contributed by atoms with Crippen molar-refractivity contribution in [2.75, 3.05) is 30.7 Å². The first-order valence-corrected chi connectivity index (χ1v) is 12.2. The lowest BCUT2D eigenvalue weighted by molar-refractivity contribution is -0.123. The summed E-state index contributed by atoms with van der Waals surface area (Å²) in [5, 5.41) is 4.15. The Hall–Kier alpha value is -1.73. The number of primary amides is 1. The highest BCUT2D eigenvalue weighted by atomic mass is 35.5. The van der Waals surface area contributed by atoms with Gasteiger partial charge in [-0.05, 0) is 67.7 Å². The molecule has 1 aliphatic rings. The van der Waals surface area contributed by atoms with E-state index in [4.69, 9.17) is 28.9 Å². The van der Waals surface area contributed by atoms with Crippen molar-refractivity contribution in [3.63, 3.8) is 0 Å². The van der Waals surface area contributed by atoms with E-state index in [0.717, 1.165) is 50.1 Å². The maximum atomic E-state index is 12.2. The van der Waals surface area contributed by atoms with E-state index in [1.165, 1.54) is 17.3 Å². The van der Waals surface area contributed by atoms with Crippen molar-refractivity contribution in [2.45, 2.75) is 25.0 Å². The second kappa shape index (κ2) is 11.8. The third-order valence-electron chi connectivity index (χ3n) is 5.45. The van der Waals surface area contributed by atoms with Crippen LogP contribution in [0.1, 0.15) is 24.0 Å². The van der Waals surface area contributed by atoms with Crippen LogP contribution in [-0.4, -0.2) is 42.1 Å². The lowest BCUT2D eigenvalue weighted by atomic mass is 9.96. The average molecular weight is 480 g/mol. The van der Waals surface area contributed by atoms with Gasteiger partial charge in [-0.1, -0.05) is 41.4 Å². The maximum Gasteiger partial charge on any atom is 0.234 e. The van der Waals surface area contributed by atoms with Crippen molar-refractivity contribution in [1.82, 2.24) is 4.90 Å². The zero-order valence-corrected chi connectivity index (χ0v) is 19.6. The quantitative estimate of drug-likeness (QED) is 0.550. The van der Waals surface area contributed by atoms with Crippen LogP contribution in [0, 0.1) is 5.92 Å². The average Bonchev–Trinajstić information content (AvgIpc) is 2.75. The Kier molecular flexibility index (Phi) is 9.08. The largest absolute Gasteiger partial charge is 0.369 e. The molecular formula is C23H27Cl2N3O2S. The van der Waals surface area contributed by atoms with Crippen LogP contribution in [0.3, 0.4) is 0 Å². The molecule has 8 heteroatoms. The van der Waals surface area contributed by atoms with Gasteiger partial charge in [0.25, 0.3) is 0 Å². The van der Waals surface area contributed by atoms with Gasteiger partial charge in [0.15, 0.2) is 0 Å². The molecule has 3 N–H and O–H groups in total. The van der Waals surface area contributed by atoms with Crippen LogP contribution >= 0.6 is 35.0 Å². The van der Waals surface area contributed by atoms with E-state index in [-0.39, 0.29) is 17.7 Å². The molecule has 5 nitrogen and oxygen atoms in total. The molecule has 31 heavy (non-hydrogen) atoms. The number of carbonyl (C=O) groups excluding carboxylic acids is 2. The van der Waals surface area contributed by atoms with E-state index in [2.05, 4.69) is 10.2 Å². The fourth-order valence-corrected chi connectivity index (χ4v) is 4.96. The lowest BCUT2D eigenvalue weighted by Crippen LogP contribution is -2.39. The van der Waals surface area contributed by atoms with E-state index >= 15 is 0 Å². The fraction of sp³-hybridized carbons (Fsp3) is 0.391. The summed E-state index contributed by atoms with van der Waals surface area (Å²) in [6.45, 7) is 2.79. The van der Waals surface area contributed by atoms with Crippen LogP contribution < -0.4 is 11.1 Å². The molecule has 0 aliphatic carbocycles. The molecule has 0 atom stereocenters. The Morgan fingerprint density at radius 2 is 1.81 bits per heavy atom. The summed E-state index contributed by atoms with van der Waals surface area (Å²) in [6.07, 6.45) is 2.64. The number of likely N-dealkylation sites (tertiary alicyclic amines) is 1. The minimum atomic E-state index is -0.176. The second-order valence-electron chi connectivity index (χ2n) is 7.74. The summed E-state index contributed by atoms with van der Waals surface area (Å²) in [5.41, 5.74) is 8.37. The molecule has 0 radical (unpaired) electrons. The minimum absolute atomic E-state index is 0.0282. The van der Waals surface area contributed by atoms with Gasteiger partial charge in [-0.25, -0.2) is 0 Å². The van der Waals surface area contributed by atoms with Crippen molar-refractivity contribution in [3.8, 4) is 0 Å². The smallest absolute Gasteiger partial charge is 0.234 e. The van der Waals surface area contributed by atoms with Gasteiger partial charge in [-0.15, -0.1) is 11.8 Å². The second-order valence-corrected chi connectivity index (χ2v) is 9.57. The first kappa shape index (κ1) is 23.9. The number of amides is 2. The Morgan fingerprint density at radius 3 is 2.45 bits per heavy atom. The zero-order chi connectivity index (χ0) is 22.2. The number of anilines is 1. The van der Waals surface area contributed by atoms with Gasteiger partial charge in [0.2, 0.25) is 11.8 Å². The molecule has 0 saturated carbocycles. The molecule has 0 spiro atoms. The van der Waals surface area contributed by atoms with Crippen molar-refractivity contribution < 1.29 is 9.59 Å². The van der Waals surface area contributed by atoms with Crippen molar-refractivity contribution >= 4 is 52.5 Å². The lowest BCUT2D eigenvalue weighted by Gasteiger charge is -2.30. The molecule has 0 bridgehead atoms. The van der Waals surface area contributed by atoms with Crippen LogP contribution in [0.2, 0.25) is 10.0 Å². The van der Waals surface area contributed by atoms with Gasteiger partial charge in [-0.3, -0.25) is 9.59 Å². The van der Waals surface area contributed by atoms with Gasteiger partial charge in [0, 0.05) is 33.9 Å². The van der Waals surface area contributed by atoms with Gasteiger partial charge in [-0.2, -0.15) is 0 Å². The van der Waals surface area contributed by atoms with Crippen molar-refractivity contribution in [2.24, 2.45) is 11.7 Å². The molecule has 2 aromatic carbocycles. The molecule has 2 amide bonds. The normalized spacial score (nSPS) is 15.0. The summed E-state index contributed by atoms with van der Waals surface area (Å²) < 4.78 is 0. The molecule has 166 valence electrons. The van der Waals surface area contributed by atoms with Crippen LogP contribution in [0.4, 0.5) is 5.69 Å². The van der Waals surface area contributed by atoms with E-state index in [1.807, 2.05) is 30.3 Å². The predicted molar refractivity (Wildman–Crippen MR) is 130 cm³/mol. The van der Waals surface area contributed by atoms with Gasteiger partial charge < -0.3 is 16.0 Å². The first-order chi connectivity index (χ1) is 14.9. The molecule has 3 rings (SSSR count). The molecular weight excluding hydrogens is 453 g/mol. The summed E-state index contributed by atoms with van der Waals surface area (Å²) >= 11 is 13.6. The first-order valence-electron chi connectivity index (χ1n) is 10.3. The monoisotopic (exact) mass is 479 g/mol. The Balaban J connectivity index is 1.37. The molecule has 0 unspecified atom stereocenters. The predicted octanol–water partition coefficient (Wildman–Crippen LogP) is 4.61. The van der Waals surface area contributed by atoms with E-state index < -0.39 is 0 Å². The zero-order valence-electron chi connectivity index (χ0n) is 17.3. The minimum Gasteiger partial charge on any atom is -0.369 e. The number of hydrogen-bond donors (Lipinski definition) is 2. The standard InChI is InChI=1S/C23H27Cl2N3O2S/c24-19-4-3-18(21(25)13-19)14-31-15-22(29)27-20-5-1-16(2-6-20)7-10-28-11-8-17(9-12-28)23(26)30/h1-6,13,17H,7-12,14-15H2,(H2,26,30)(H,27,29). The van der Waals surface area contributed by atoms with E-state index in [0.29, 0.717) is 21.6 Å². The van der Waals surface area contributed by atoms with Gasteiger partial charge in [0.1, 0.15) is 0 Å². The molecule has 1 heterocycles. The number of thioether (sulfide) groups is 1. The highest BCUT2D eigenvalue weighted by Crippen LogP contribution is 2.25. The molecule has 1 fully saturated rings. The highest BCUT2D eigenvalue weighted by molar-refractivity contribution is 7.99. The van der Waals surface area contributed by atoms with Crippen LogP contribution in [0.5, 0.6) is 0 Å². The maximum absolute atomic E-state index is 12.2. The Bertz CT molecular complexity index is 900. The number of benzene rings is 2. The number of hydrogen-bond acceptors (Lipinski definition) is 4. The number of nitrogens with one attached hydrogen (secondary N) is 1. The third-order valence-corrected chi connectivity index (χ3v) is 7.02. The summed E-state index contributed by atoms with van der Waals surface area (Å²) in [6, 6.07) is 13.4. The summed E-state index contributed by atoms with van der Waals surface area (Å²) in [4.78, 5) is 25.8.